The molecule has 0 saturated carbocycles. The lowest BCUT2D eigenvalue weighted by atomic mass is 10.2. The van der Waals surface area contributed by atoms with Crippen LogP contribution in [0.4, 0.5) is 20.5 Å². The molecule has 8 rings (SSSR count). The normalized spacial score (nSPS) is 16.5. The molecule has 3 aromatic heterocycles. The van der Waals surface area contributed by atoms with Crippen LogP contribution in [0.25, 0.3) is 22.2 Å². The molecule has 0 spiro atoms. The molecule has 270 valence electrons. The molecule has 0 bridgehead atoms. The number of ether oxygens (including phenoxy) is 4. The van der Waals surface area contributed by atoms with Crippen molar-refractivity contribution in [2.24, 2.45) is 0 Å². The Morgan fingerprint density at radius 1 is 0.808 bits per heavy atom. The smallest absolute Gasteiger partial charge is 0.229 e. The number of imidazole rings is 2. The topological polar surface area (TPSA) is 105 Å². The zero-order chi connectivity index (χ0) is 35.6. The second kappa shape index (κ2) is 14.7. The Hall–Kier alpha value is -5.34. The van der Waals surface area contributed by atoms with E-state index in [0.29, 0.717) is 80.3 Å². The fourth-order valence-electron chi connectivity index (χ4n) is 6.89. The van der Waals surface area contributed by atoms with Gasteiger partial charge in [0.05, 0.1) is 45.8 Å². The monoisotopic (exact) mass is 710 g/mol. The molecule has 0 radical (unpaired) electrons. The molecule has 3 aromatic carbocycles. The highest BCUT2D eigenvalue weighted by Crippen LogP contribution is 2.34. The Bertz CT molecular complexity index is 2160. The number of rotatable bonds is 11. The summed E-state index contributed by atoms with van der Waals surface area (Å²) >= 11 is 0. The van der Waals surface area contributed by atoms with Crippen LogP contribution in [0, 0.1) is 11.6 Å². The van der Waals surface area contributed by atoms with Crippen LogP contribution < -0.4 is 19.3 Å². The molecule has 6 aromatic rings. The van der Waals surface area contributed by atoms with Crippen molar-refractivity contribution in [3.8, 4) is 11.5 Å². The van der Waals surface area contributed by atoms with Crippen LogP contribution in [-0.2, 0) is 29.1 Å². The lowest BCUT2D eigenvalue weighted by molar-refractivity contribution is -0.0298. The lowest BCUT2D eigenvalue weighted by Gasteiger charge is -2.30. The number of methoxy groups -OCH3 is 2. The maximum atomic E-state index is 15.4. The Kier molecular flexibility index (Phi) is 9.56. The molecular weight excluding hydrogens is 670 g/mol. The van der Waals surface area contributed by atoms with Crippen LogP contribution in [0.5, 0.6) is 11.5 Å². The number of hydrogen-bond donors (Lipinski definition) is 0. The summed E-state index contributed by atoms with van der Waals surface area (Å²) in [6.45, 7) is 4.03. The highest BCUT2D eigenvalue weighted by molar-refractivity contribution is 5.85. The summed E-state index contributed by atoms with van der Waals surface area (Å²) in [5.41, 5.74) is 3.64. The van der Waals surface area contributed by atoms with Crippen LogP contribution in [0.3, 0.4) is 0 Å². The summed E-state index contributed by atoms with van der Waals surface area (Å²) < 4.78 is 56.6. The first-order chi connectivity index (χ1) is 25.5. The molecule has 0 amide bonds. The Labute approximate surface area is 299 Å². The Balaban J connectivity index is 1.28. The van der Waals surface area contributed by atoms with Gasteiger partial charge in [-0.05, 0) is 66.8 Å². The first-order valence-electron chi connectivity index (χ1n) is 17.5. The van der Waals surface area contributed by atoms with Gasteiger partial charge in [-0.2, -0.15) is 9.97 Å². The van der Waals surface area contributed by atoms with E-state index in [1.54, 1.807) is 26.6 Å². The molecule has 2 fully saturated rings. The first kappa shape index (κ1) is 33.8. The van der Waals surface area contributed by atoms with Gasteiger partial charge in [-0.25, -0.2) is 18.7 Å². The van der Waals surface area contributed by atoms with Gasteiger partial charge in [0, 0.05) is 32.8 Å². The van der Waals surface area contributed by atoms with Gasteiger partial charge in [0.15, 0.2) is 28.6 Å². The van der Waals surface area contributed by atoms with Gasteiger partial charge >= 0.3 is 0 Å². The number of fused-ring (bicyclic) bond motifs is 2. The number of nitrogens with zero attached hydrogens (tertiary/aromatic N) is 8. The van der Waals surface area contributed by atoms with E-state index in [9.17, 15) is 4.39 Å². The van der Waals surface area contributed by atoms with Crippen molar-refractivity contribution < 1.29 is 27.7 Å². The minimum Gasteiger partial charge on any atom is -0.497 e. The van der Waals surface area contributed by atoms with Crippen molar-refractivity contribution in [1.82, 2.24) is 29.1 Å². The van der Waals surface area contributed by atoms with E-state index in [0.717, 1.165) is 48.0 Å². The van der Waals surface area contributed by atoms with Gasteiger partial charge in [0.25, 0.3) is 0 Å². The minimum atomic E-state index is -0.987. The quantitative estimate of drug-likeness (QED) is 0.153. The summed E-state index contributed by atoms with van der Waals surface area (Å²) in [5.74, 6) is 1.19. The molecule has 2 aliphatic heterocycles. The first-order valence-corrected chi connectivity index (χ1v) is 17.5. The van der Waals surface area contributed by atoms with Gasteiger partial charge in [0.1, 0.15) is 29.1 Å². The van der Waals surface area contributed by atoms with Gasteiger partial charge in [-0.15, -0.1) is 0 Å². The lowest BCUT2D eigenvalue weighted by Crippen LogP contribution is -2.38. The van der Waals surface area contributed by atoms with Gasteiger partial charge in [-0.1, -0.05) is 24.3 Å². The van der Waals surface area contributed by atoms with Crippen LogP contribution >= 0.6 is 0 Å². The minimum absolute atomic E-state index is 0.0338. The molecule has 1 unspecified atom stereocenters. The summed E-state index contributed by atoms with van der Waals surface area (Å²) in [6.07, 6.45) is 4.50. The van der Waals surface area contributed by atoms with E-state index in [1.165, 1.54) is 0 Å². The average Bonchev–Trinajstić information content (AvgIpc) is 3.78. The van der Waals surface area contributed by atoms with Crippen LogP contribution in [0.15, 0.2) is 67.0 Å². The predicted octanol–water partition coefficient (Wildman–Crippen LogP) is 6.26. The summed E-state index contributed by atoms with van der Waals surface area (Å²) in [6, 6.07) is 18.2. The molecule has 14 heteroatoms. The largest absolute Gasteiger partial charge is 0.497 e. The second-order valence-corrected chi connectivity index (χ2v) is 13.0. The third-order valence-electron chi connectivity index (χ3n) is 9.71. The predicted molar refractivity (Wildman–Crippen MR) is 192 cm³/mol. The van der Waals surface area contributed by atoms with E-state index in [2.05, 4.69) is 9.80 Å². The van der Waals surface area contributed by atoms with E-state index in [-0.39, 0.29) is 18.3 Å². The van der Waals surface area contributed by atoms with Crippen LogP contribution in [0.1, 0.15) is 42.4 Å². The molecule has 12 nitrogen and oxygen atoms in total. The second-order valence-electron chi connectivity index (χ2n) is 13.0. The fraction of sp³-hybridized carbons (Fsp3) is 0.368. The van der Waals surface area contributed by atoms with Gasteiger partial charge in [0.2, 0.25) is 5.95 Å². The van der Waals surface area contributed by atoms with E-state index in [4.69, 9.17) is 38.9 Å². The maximum Gasteiger partial charge on any atom is 0.229 e. The van der Waals surface area contributed by atoms with Crippen LogP contribution in [-0.4, -0.2) is 76.2 Å². The molecule has 2 aliphatic rings. The standard InChI is InChI=1S/C38H40F2N8O4/c1-49-27-10-6-25(7-11-27)21-46(23-31-42-34-30(15-14-29(39)33(34)40)47(31)22-26-8-12-28(50-2)13-9-26)36-35-37(44-38(43-36)45-16-19-51-20-17-45)48(24-41-35)32-5-3-4-18-52-32/h6-15,24,32H,3-5,16-23H2,1-2H3. The van der Waals surface area contributed by atoms with Crippen molar-refractivity contribution in [3.63, 3.8) is 0 Å². The number of morpholine rings is 1. The summed E-state index contributed by atoms with van der Waals surface area (Å²) in [5, 5.41) is 0. The molecule has 5 heterocycles. The van der Waals surface area contributed by atoms with Crippen molar-refractivity contribution in [1.29, 1.82) is 0 Å². The molecule has 1 atom stereocenters. The van der Waals surface area contributed by atoms with Crippen LogP contribution in [0.2, 0.25) is 0 Å². The van der Waals surface area contributed by atoms with E-state index < -0.39 is 11.6 Å². The fourth-order valence-corrected chi connectivity index (χ4v) is 6.89. The molecule has 0 aliphatic carbocycles. The number of halogens is 2. The Morgan fingerprint density at radius 2 is 1.54 bits per heavy atom. The van der Waals surface area contributed by atoms with E-state index in [1.807, 2.05) is 57.7 Å². The van der Waals surface area contributed by atoms with Crippen molar-refractivity contribution in [2.45, 2.75) is 45.1 Å². The molecule has 2 saturated heterocycles. The number of benzene rings is 3. The molecule has 0 N–H and O–H groups in total. The highest BCUT2D eigenvalue weighted by atomic mass is 19.2. The highest BCUT2D eigenvalue weighted by Gasteiger charge is 2.28. The van der Waals surface area contributed by atoms with Gasteiger partial charge < -0.3 is 33.3 Å². The van der Waals surface area contributed by atoms with Gasteiger partial charge in [-0.3, -0.25) is 4.57 Å². The van der Waals surface area contributed by atoms with E-state index >= 15 is 4.39 Å². The number of aromatic nitrogens is 6. The maximum absolute atomic E-state index is 15.4. The SMILES string of the molecule is COc1ccc(CN(Cc2nc3c(F)c(F)ccc3n2Cc2ccc(OC)cc2)c2nc(N3CCOCC3)nc3c2ncn3C2CCCCO2)cc1. The number of hydrogen-bond acceptors (Lipinski definition) is 10. The summed E-state index contributed by atoms with van der Waals surface area (Å²) in [4.78, 5) is 24.1. The van der Waals surface area contributed by atoms with Crippen molar-refractivity contribution in [2.75, 3.05) is 56.9 Å². The number of anilines is 2. The molecule has 52 heavy (non-hydrogen) atoms. The summed E-state index contributed by atoms with van der Waals surface area (Å²) in [7, 11) is 3.25. The average molecular weight is 711 g/mol. The third kappa shape index (κ3) is 6.71. The van der Waals surface area contributed by atoms with Crippen molar-refractivity contribution >= 4 is 34.0 Å². The zero-order valence-corrected chi connectivity index (χ0v) is 29.2. The van der Waals surface area contributed by atoms with Crippen molar-refractivity contribution in [3.05, 3.63) is 95.6 Å². The zero-order valence-electron chi connectivity index (χ0n) is 29.2. The molecular formula is C38H40F2N8O4. The third-order valence-corrected chi connectivity index (χ3v) is 9.71. The Morgan fingerprint density at radius 3 is 2.23 bits per heavy atom.